The summed E-state index contributed by atoms with van der Waals surface area (Å²) >= 11 is 2.25. The normalized spacial score (nSPS) is 24.3. The van der Waals surface area contributed by atoms with E-state index in [9.17, 15) is 22.8 Å². The van der Waals surface area contributed by atoms with Crippen molar-refractivity contribution in [1.29, 1.82) is 0 Å². The van der Waals surface area contributed by atoms with Crippen LogP contribution in [0.3, 0.4) is 0 Å². The second kappa shape index (κ2) is 6.93. The van der Waals surface area contributed by atoms with Gasteiger partial charge in [0.1, 0.15) is 6.54 Å². The van der Waals surface area contributed by atoms with Crippen molar-refractivity contribution >= 4 is 56.1 Å². The standard InChI is InChI=1S/C15H16N2O5S3/c1-16(10-4-6-25(21,22)9-10)13(18)8-17-14(19)12(24-15(17)20)7-11-3-2-5-23-11/h2-3,5,7,10H,4,6,8-9H2,1H3/b12-7+/t10-/m1/s1. The number of likely N-dealkylation sites (N-methyl/N-ethyl adjacent to an activating group) is 1. The second-order valence-electron chi connectivity index (χ2n) is 5.84. The van der Waals surface area contributed by atoms with Crippen molar-refractivity contribution in [3.8, 4) is 0 Å². The van der Waals surface area contributed by atoms with Gasteiger partial charge in [0, 0.05) is 18.0 Å². The third-order valence-corrected chi connectivity index (χ3v) is 7.61. The van der Waals surface area contributed by atoms with Crippen LogP contribution >= 0.6 is 23.1 Å². The number of imide groups is 1. The molecule has 1 aromatic heterocycles. The van der Waals surface area contributed by atoms with E-state index < -0.39 is 32.9 Å². The molecule has 1 aromatic rings. The average Bonchev–Trinajstić information content (AvgIpc) is 3.24. The highest BCUT2D eigenvalue weighted by Gasteiger charge is 2.39. The number of rotatable bonds is 4. The van der Waals surface area contributed by atoms with Crippen LogP contribution < -0.4 is 0 Å². The molecule has 0 bridgehead atoms. The summed E-state index contributed by atoms with van der Waals surface area (Å²) in [4.78, 5) is 40.2. The highest BCUT2D eigenvalue weighted by Crippen LogP contribution is 2.33. The average molecular weight is 401 g/mol. The summed E-state index contributed by atoms with van der Waals surface area (Å²) in [6.07, 6.45) is 2.01. The van der Waals surface area contributed by atoms with Crippen LogP contribution in [0, 0.1) is 0 Å². The van der Waals surface area contributed by atoms with Crippen LogP contribution in [-0.4, -0.2) is 66.4 Å². The molecule has 0 N–H and O–H groups in total. The molecule has 3 rings (SSSR count). The summed E-state index contributed by atoms with van der Waals surface area (Å²) in [5.41, 5.74) is 0. The predicted molar refractivity (Wildman–Crippen MR) is 96.8 cm³/mol. The van der Waals surface area contributed by atoms with Crippen LogP contribution in [-0.2, 0) is 19.4 Å². The molecule has 10 heteroatoms. The number of hydrogen-bond donors (Lipinski definition) is 0. The molecular weight excluding hydrogens is 384 g/mol. The number of carbonyl (C=O) groups is 3. The van der Waals surface area contributed by atoms with Crippen LogP contribution in [0.15, 0.2) is 22.4 Å². The van der Waals surface area contributed by atoms with Gasteiger partial charge in [0.05, 0.1) is 16.4 Å². The van der Waals surface area contributed by atoms with E-state index in [4.69, 9.17) is 0 Å². The molecule has 7 nitrogen and oxygen atoms in total. The minimum atomic E-state index is -3.11. The van der Waals surface area contributed by atoms with Crippen LogP contribution in [0.2, 0.25) is 0 Å². The Morgan fingerprint density at radius 1 is 1.44 bits per heavy atom. The molecule has 134 valence electrons. The highest BCUT2D eigenvalue weighted by molar-refractivity contribution is 8.18. The van der Waals surface area contributed by atoms with Crippen molar-refractivity contribution in [2.45, 2.75) is 12.5 Å². The molecule has 0 aromatic carbocycles. The highest BCUT2D eigenvalue weighted by atomic mass is 32.2. The summed E-state index contributed by atoms with van der Waals surface area (Å²) in [6, 6.07) is 3.27. The third-order valence-electron chi connectivity index (χ3n) is 4.13. The first-order valence-corrected chi connectivity index (χ1v) is 11.0. The Labute approximate surface area is 153 Å². The summed E-state index contributed by atoms with van der Waals surface area (Å²) in [7, 11) is -1.61. The topological polar surface area (TPSA) is 91.8 Å². The van der Waals surface area contributed by atoms with Crippen LogP contribution in [0.4, 0.5) is 4.79 Å². The van der Waals surface area contributed by atoms with E-state index in [2.05, 4.69) is 0 Å². The molecule has 0 saturated carbocycles. The Kier molecular flexibility index (Phi) is 5.03. The van der Waals surface area contributed by atoms with Crippen LogP contribution in [0.5, 0.6) is 0 Å². The molecule has 2 aliphatic heterocycles. The van der Waals surface area contributed by atoms with E-state index in [1.807, 2.05) is 17.5 Å². The maximum Gasteiger partial charge on any atom is 0.294 e. The summed E-state index contributed by atoms with van der Waals surface area (Å²) in [5, 5.41) is 1.37. The minimum absolute atomic E-state index is 0.0560. The molecule has 0 aliphatic carbocycles. The molecule has 3 amide bonds. The fourth-order valence-electron chi connectivity index (χ4n) is 2.67. The van der Waals surface area contributed by atoms with Crippen LogP contribution in [0.25, 0.3) is 6.08 Å². The van der Waals surface area contributed by atoms with E-state index in [1.54, 1.807) is 6.08 Å². The maximum atomic E-state index is 12.4. The largest absolute Gasteiger partial charge is 0.340 e. The van der Waals surface area contributed by atoms with E-state index in [0.29, 0.717) is 6.42 Å². The molecule has 3 heterocycles. The van der Waals surface area contributed by atoms with Crippen molar-refractivity contribution in [3.05, 3.63) is 27.3 Å². The smallest absolute Gasteiger partial charge is 0.294 e. The van der Waals surface area contributed by atoms with Crippen LogP contribution in [0.1, 0.15) is 11.3 Å². The Hall–Kier alpha value is -1.65. The number of thiophene rings is 1. The van der Waals surface area contributed by atoms with Gasteiger partial charge in [0.25, 0.3) is 11.1 Å². The lowest BCUT2D eigenvalue weighted by atomic mass is 10.2. The zero-order valence-corrected chi connectivity index (χ0v) is 15.8. The lowest BCUT2D eigenvalue weighted by Crippen LogP contribution is -2.45. The quantitative estimate of drug-likeness (QED) is 0.710. The van der Waals surface area contributed by atoms with Gasteiger partial charge >= 0.3 is 0 Å². The predicted octanol–water partition coefficient (Wildman–Crippen LogP) is 1.43. The SMILES string of the molecule is CN(C(=O)CN1C(=O)S/C(=C/c2cccs2)C1=O)[C@@H]1CCS(=O)(=O)C1. The molecule has 25 heavy (non-hydrogen) atoms. The second-order valence-corrected chi connectivity index (χ2v) is 10.0. The van der Waals surface area contributed by atoms with Crippen molar-refractivity contribution < 1.29 is 22.8 Å². The summed E-state index contributed by atoms with van der Waals surface area (Å²) in [6.45, 7) is -0.376. The number of carbonyl (C=O) groups excluding carboxylic acids is 3. The minimum Gasteiger partial charge on any atom is -0.340 e. The fourth-order valence-corrected chi connectivity index (χ4v) is 6.01. The summed E-state index contributed by atoms with van der Waals surface area (Å²) in [5.74, 6) is -0.957. The Morgan fingerprint density at radius 3 is 2.80 bits per heavy atom. The van der Waals surface area contributed by atoms with Gasteiger partial charge in [-0.25, -0.2) is 8.42 Å². The van der Waals surface area contributed by atoms with E-state index >= 15 is 0 Å². The maximum absolute atomic E-state index is 12.4. The first-order chi connectivity index (χ1) is 11.8. The Balaban J connectivity index is 1.67. The van der Waals surface area contributed by atoms with Gasteiger partial charge in [-0.1, -0.05) is 6.07 Å². The molecule has 0 unspecified atom stereocenters. The molecule has 2 fully saturated rings. The molecule has 1 atom stereocenters. The number of hydrogen-bond acceptors (Lipinski definition) is 7. The molecular formula is C15H16N2O5S3. The Morgan fingerprint density at radius 2 is 2.20 bits per heavy atom. The van der Waals surface area contributed by atoms with Gasteiger partial charge < -0.3 is 4.90 Å². The zero-order valence-electron chi connectivity index (χ0n) is 13.4. The van der Waals surface area contributed by atoms with E-state index in [1.165, 1.54) is 23.3 Å². The molecule has 2 aliphatic rings. The number of nitrogens with zero attached hydrogens (tertiary/aromatic N) is 2. The third kappa shape index (κ3) is 3.96. The van der Waals surface area contributed by atoms with Gasteiger partial charge in [-0.05, 0) is 35.7 Å². The van der Waals surface area contributed by atoms with Crippen molar-refractivity contribution in [3.63, 3.8) is 0 Å². The first kappa shape index (κ1) is 18.2. The van der Waals surface area contributed by atoms with Gasteiger partial charge in [-0.3, -0.25) is 19.3 Å². The number of amides is 3. The van der Waals surface area contributed by atoms with Gasteiger partial charge in [0.2, 0.25) is 5.91 Å². The lowest BCUT2D eigenvalue weighted by molar-refractivity contribution is -0.136. The van der Waals surface area contributed by atoms with E-state index in [0.717, 1.165) is 21.5 Å². The van der Waals surface area contributed by atoms with Gasteiger partial charge in [-0.15, -0.1) is 11.3 Å². The monoisotopic (exact) mass is 400 g/mol. The zero-order chi connectivity index (χ0) is 18.2. The van der Waals surface area contributed by atoms with Crippen molar-refractivity contribution in [1.82, 2.24) is 9.80 Å². The number of sulfone groups is 1. The fraction of sp³-hybridized carbons (Fsp3) is 0.400. The summed E-state index contributed by atoms with van der Waals surface area (Å²) < 4.78 is 23.1. The van der Waals surface area contributed by atoms with Crippen molar-refractivity contribution in [2.24, 2.45) is 0 Å². The van der Waals surface area contributed by atoms with Gasteiger partial charge in [-0.2, -0.15) is 0 Å². The Bertz CT molecular complexity index is 845. The lowest BCUT2D eigenvalue weighted by Gasteiger charge is -2.25. The molecule has 0 spiro atoms. The number of thioether (sulfide) groups is 1. The molecule has 0 radical (unpaired) electrons. The van der Waals surface area contributed by atoms with Gasteiger partial charge in [0.15, 0.2) is 9.84 Å². The van der Waals surface area contributed by atoms with Crippen molar-refractivity contribution in [2.75, 3.05) is 25.1 Å². The first-order valence-electron chi connectivity index (χ1n) is 7.52. The van der Waals surface area contributed by atoms with E-state index in [-0.39, 0.29) is 23.0 Å². The molecule has 2 saturated heterocycles.